The van der Waals surface area contributed by atoms with Crippen LogP contribution in [0.4, 0.5) is 9.52 Å². The first-order valence-corrected chi connectivity index (χ1v) is 7.05. The molecule has 1 aliphatic heterocycles. The van der Waals surface area contributed by atoms with Gasteiger partial charge in [0.05, 0.1) is 16.8 Å². The Bertz CT molecular complexity index is 678. The minimum absolute atomic E-state index is 0.0297. The summed E-state index contributed by atoms with van der Waals surface area (Å²) in [6, 6.07) is 3.44. The molecule has 1 aliphatic rings. The number of likely N-dealkylation sites (tertiary alicyclic amines) is 1. The topological polar surface area (TPSA) is 79.5 Å². The van der Waals surface area contributed by atoms with Crippen LogP contribution in [-0.2, 0) is 0 Å². The number of rotatable bonds is 1. The quantitative estimate of drug-likeness (QED) is 0.832. The van der Waals surface area contributed by atoms with Gasteiger partial charge in [0.15, 0.2) is 5.13 Å². The third kappa shape index (κ3) is 2.12. The van der Waals surface area contributed by atoms with E-state index in [1.54, 1.807) is 12.1 Å². The third-order valence-corrected chi connectivity index (χ3v) is 4.29. The number of thiazole rings is 1. The molecule has 0 spiro atoms. The normalized spacial score (nSPS) is 22.6. The number of alkyl halides is 1. The summed E-state index contributed by atoms with van der Waals surface area (Å²) >= 11 is 1.31. The average Bonchev–Trinajstić information content (AvgIpc) is 2.92. The minimum Gasteiger partial charge on any atom is -0.388 e. The summed E-state index contributed by atoms with van der Waals surface area (Å²) in [4.78, 5) is 17.9. The summed E-state index contributed by atoms with van der Waals surface area (Å²) in [5, 5.41) is 9.85. The number of nitrogens with zero attached hydrogens (tertiary/aromatic N) is 2. The van der Waals surface area contributed by atoms with Gasteiger partial charge >= 0.3 is 0 Å². The fraction of sp³-hybridized carbons (Fsp3) is 0.385. The van der Waals surface area contributed by atoms with Gasteiger partial charge < -0.3 is 15.7 Å². The van der Waals surface area contributed by atoms with E-state index in [0.29, 0.717) is 10.7 Å². The van der Waals surface area contributed by atoms with Crippen LogP contribution in [0.5, 0.6) is 0 Å². The van der Waals surface area contributed by atoms with Crippen molar-refractivity contribution in [1.82, 2.24) is 9.88 Å². The standard InChI is InChI=1S/C13H14FN3O2S/c1-6-2-7(3-10-11(6)16-13(15)20-10)12(19)17-4-8(14)9(18)5-17/h2-3,8-9,18H,4-5H2,1H3,(H2,15,16)/t8-,9-/m1/s1. The number of aliphatic hydroxyl groups excluding tert-OH is 1. The van der Waals surface area contributed by atoms with E-state index in [1.165, 1.54) is 16.2 Å². The van der Waals surface area contributed by atoms with Crippen molar-refractivity contribution >= 4 is 32.6 Å². The van der Waals surface area contributed by atoms with Crippen LogP contribution in [0, 0.1) is 6.92 Å². The second-order valence-electron chi connectivity index (χ2n) is 4.99. The second-order valence-corrected chi connectivity index (χ2v) is 6.05. The van der Waals surface area contributed by atoms with E-state index in [0.717, 1.165) is 15.8 Å². The van der Waals surface area contributed by atoms with E-state index in [9.17, 15) is 14.3 Å². The fourth-order valence-electron chi connectivity index (χ4n) is 2.43. The highest BCUT2D eigenvalue weighted by Crippen LogP contribution is 2.28. The number of nitrogen functional groups attached to an aromatic ring is 1. The first-order valence-electron chi connectivity index (χ1n) is 6.24. The summed E-state index contributed by atoms with van der Waals surface area (Å²) in [5.41, 5.74) is 7.79. The van der Waals surface area contributed by atoms with E-state index < -0.39 is 12.3 Å². The van der Waals surface area contributed by atoms with Crippen molar-refractivity contribution in [2.45, 2.75) is 19.2 Å². The largest absolute Gasteiger partial charge is 0.388 e. The molecule has 1 aromatic carbocycles. The maximum atomic E-state index is 13.3. The predicted molar refractivity (Wildman–Crippen MR) is 75.6 cm³/mol. The van der Waals surface area contributed by atoms with Gasteiger partial charge in [0, 0.05) is 12.1 Å². The Kier molecular flexibility index (Phi) is 3.10. The number of nitrogens with two attached hydrogens (primary N) is 1. The van der Waals surface area contributed by atoms with Gasteiger partial charge in [-0.3, -0.25) is 4.79 Å². The van der Waals surface area contributed by atoms with E-state index in [-0.39, 0.29) is 19.0 Å². The maximum absolute atomic E-state index is 13.3. The number of hydrogen-bond acceptors (Lipinski definition) is 5. The van der Waals surface area contributed by atoms with Gasteiger partial charge in [0.1, 0.15) is 12.3 Å². The number of aromatic nitrogens is 1. The van der Waals surface area contributed by atoms with Crippen molar-refractivity contribution in [3.63, 3.8) is 0 Å². The van der Waals surface area contributed by atoms with E-state index in [2.05, 4.69) is 4.98 Å². The first-order chi connectivity index (χ1) is 9.45. The number of β-amino-alcohol motifs (C(OH)–C–C–N with tert-alkyl or cyclic N) is 1. The van der Waals surface area contributed by atoms with Crippen LogP contribution in [0.15, 0.2) is 12.1 Å². The van der Waals surface area contributed by atoms with Crippen LogP contribution < -0.4 is 5.73 Å². The molecule has 2 heterocycles. The Morgan fingerprint density at radius 1 is 1.55 bits per heavy atom. The smallest absolute Gasteiger partial charge is 0.254 e. The monoisotopic (exact) mass is 295 g/mol. The lowest BCUT2D eigenvalue weighted by atomic mass is 10.1. The summed E-state index contributed by atoms with van der Waals surface area (Å²) in [7, 11) is 0. The number of hydrogen-bond donors (Lipinski definition) is 2. The van der Waals surface area contributed by atoms with Crippen LogP contribution >= 0.6 is 11.3 Å². The molecular weight excluding hydrogens is 281 g/mol. The zero-order valence-electron chi connectivity index (χ0n) is 10.8. The molecule has 7 heteroatoms. The van der Waals surface area contributed by atoms with E-state index in [1.807, 2.05) is 6.92 Å². The molecule has 20 heavy (non-hydrogen) atoms. The lowest BCUT2D eigenvalue weighted by Gasteiger charge is -2.15. The summed E-state index contributed by atoms with van der Waals surface area (Å²) < 4.78 is 14.1. The Labute approximate surface area is 118 Å². The highest BCUT2D eigenvalue weighted by atomic mass is 32.1. The fourth-order valence-corrected chi connectivity index (χ4v) is 3.28. The zero-order chi connectivity index (χ0) is 14.4. The Morgan fingerprint density at radius 2 is 2.30 bits per heavy atom. The van der Waals surface area contributed by atoms with Crippen molar-refractivity contribution in [3.05, 3.63) is 23.3 Å². The van der Waals surface area contributed by atoms with Crippen molar-refractivity contribution in [2.24, 2.45) is 0 Å². The SMILES string of the molecule is Cc1cc(C(=O)N2C[C@@H](O)[C@H](F)C2)cc2sc(N)nc12. The van der Waals surface area contributed by atoms with Crippen molar-refractivity contribution < 1.29 is 14.3 Å². The van der Waals surface area contributed by atoms with Gasteiger partial charge in [-0.25, -0.2) is 9.37 Å². The minimum atomic E-state index is -1.37. The lowest BCUT2D eigenvalue weighted by Crippen LogP contribution is -2.29. The second kappa shape index (κ2) is 4.68. The number of amides is 1. The van der Waals surface area contributed by atoms with Gasteiger partial charge in [0.2, 0.25) is 0 Å². The number of aryl methyl sites for hydroxylation is 1. The van der Waals surface area contributed by atoms with E-state index in [4.69, 9.17) is 5.73 Å². The molecule has 0 radical (unpaired) electrons. The molecule has 0 aliphatic carbocycles. The predicted octanol–water partition coefficient (Wildman–Crippen LogP) is 1.34. The number of fused-ring (bicyclic) bond motifs is 1. The van der Waals surface area contributed by atoms with Crippen LogP contribution in [-0.4, -0.2) is 46.3 Å². The average molecular weight is 295 g/mol. The van der Waals surface area contributed by atoms with Crippen LogP contribution in [0.25, 0.3) is 10.2 Å². The number of benzene rings is 1. The van der Waals surface area contributed by atoms with Gasteiger partial charge in [-0.2, -0.15) is 0 Å². The molecule has 2 aromatic rings. The van der Waals surface area contributed by atoms with Crippen molar-refractivity contribution in [3.8, 4) is 0 Å². The molecule has 5 nitrogen and oxygen atoms in total. The highest BCUT2D eigenvalue weighted by Gasteiger charge is 2.34. The Hall–Kier alpha value is -1.73. The summed E-state index contributed by atoms with van der Waals surface area (Å²) in [6.45, 7) is 1.82. The first kappa shape index (κ1) is 13.3. The molecule has 3 N–H and O–H groups in total. The van der Waals surface area contributed by atoms with Gasteiger partial charge in [0.25, 0.3) is 5.91 Å². The molecule has 1 amide bonds. The van der Waals surface area contributed by atoms with Gasteiger partial charge in [-0.1, -0.05) is 11.3 Å². The Morgan fingerprint density at radius 3 is 2.95 bits per heavy atom. The molecular formula is C13H14FN3O2S. The molecule has 1 aromatic heterocycles. The molecule has 106 valence electrons. The summed E-state index contributed by atoms with van der Waals surface area (Å²) in [5.74, 6) is -0.277. The number of halogens is 1. The third-order valence-electron chi connectivity index (χ3n) is 3.46. The number of carbonyl (C=O) groups is 1. The van der Waals surface area contributed by atoms with Crippen molar-refractivity contribution in [1.29, 1.82) is 0 Å². The molecule has 0 unspecified atom stereocenters. The Balaban J connectivity index is 1.96. The number of anilines is 1. The van der Waals surface area contributed by atoms with Crippen LogP contribution in [0.3, 0.4) is 0 Å². The zero-order valence-corrected chi connectivity index (χ0v) is 11.7. The van der Waals surface area contributed by atoms with Crippen molar-refractivity contribution in [2.75, 3.05) is 18.8 Å². The lowest BCUT2D eigenvalue weighted by molar-refractivity contribution is 0.0764. The number of aliphatic hydroxyl groups is 1. The summed E-state index contributed by atoms with van der Waals surface area (Å²) in [6.07, 6.45) is -2.47. The molecule has 1 fully saturated rings. The highest BCUT2D eigenvalue weighted by molar-refractivity contribution is 7.22. The van der Waals surface area contributed by atoms with Crippen LogP contribution in [0.1, 0.15) is 15.9 Å². The van der Waals surface area contributed by atoms with Gasteiger partial charge in [-0.05, 0) is 24.6 Å². The molecule has 3 rings (SSSR count). The van der Waals surface area contributed by atoms with E-state index >= 15 is 0 Å². The molecule has 1 saturated heterocycles. The molecule has 0 bridgehead atoms. The van der Waals surface area contributed by atoms with Gasteiger partial charge in [-0.15, -0.1) is 0 Å². The van der Waals surface area contributed by atoms with Crippen LogP contribution in [0.2, 0.25) is 0 Å². The number of carbonyl (C=O) groups excluding carboxylic acids is 1. The maximum Gasteiger partial charge on any atom is 0.254 e. The molecule has 0 saturated carbocycles. The molecule has 2 atom stereocenters.